The van der Waals surface area contributed by atoms with Gasteiger partial charge in [0, 0.05) is 12.2 Å². The molecule has 2 aromatic rings. The number of hydrogen-bond acceptors (Lipinski definition) is 4. The normalized spacial score (nSPS) is 12.5. The molecule has 0 saturated heterocycles. The van der Waals surface area contributed by atoms with Crippen molar-refractivity contribution < 1.29 is 14.6 Å². The van der Waals surface area contributed by atoms with Crippen LogP contribution in [0.5, 0.6) is 11.5 Å². The third-order valence-corrected chi connectivity index (χ3v) is 3.70. The van der Waals surface area contributed by atoms with E-state index in [2.05, 4.69) is 16.7 Å². The number of rotatable bonds is 7. The number of aliphatic hydroxyl groups is 1. The van der Waals surface area contributed by atoms with Gasteiger partial charge in [0.1, 0.15) is 17.6 Å². The predicted octanol–water partition coefficient (Wildman–Crippen LogP) is 3.88. The zero-order chi connectivity index (χ0) is 18.9. The van der Waals surface area contributed by atoms with Crippen molar-refractivity contribution in [3.8, 4) is 17.6 Å². The van der Waals surface area contributed by atoms with Crippen LogP contribution in [0.2, 0.25) is 0 Å². The summed E-state index contributed by atoms with van der Waals surface area (Å²) in [5, 5.41) is 23.9. The van der Waals surface area contributed by atoms with Gasteiger partial charge in [0.15, 0.2) is 0 Å². The first kappa shape index (κ1) is 19.3. The molecule has 2 atom stereocenters. The zero-order valence-corrected chi connectivity index (χ0v) is 14.9. The van der Waals surface area contributed by atoms with E-state index in [1.807, 2.05) is 6.92 Å². The van der Waals surface area contributed by atoms with Gasteiger partial charge in [-0.3, -0.25) is 0 Å². The molecule has 0 aliphatic rings. The van der Waals surface area contributed by atoms with Crippen molar-refractivity contribution in [3.05, 3.63) is 54.1 Å². The van der Waals surface area contributed by atoms with E-state index in [4.69, 9.17) is 10.00 Å². The highest BCUT2D eigenvalue weighted by atomic mass is 16.5. The molecule has 2 rings (SSSR count). The maximum absolute atomic E-state index is 11.9. The van der Waals surface area contributed by atoms with Gasteiger partial charge in [-0.25, -0.2) is 4.79 Å². The summed E-state index contributed by atoms with van der Waals surface area (Å²) < 4.78 is 5.70. The molecule has 3 N–H and O–H groups in total. The molecule has 0 spiro atoms. The lowest BCUT2D eigenvalue weighted by atomic mass is 10.1. The number of carbonyl (C=O) groups excluding carboxylic acids is 1. The summed E-state index contributed by atoms with van der Waals surface area (Å²) >= 11 is 0. The second-order valence-electron chi connectivity index (χ2n) is 6.26. The Hall–Kier alpha value is -3.04. The van der Waals surface area contributed by atoms with Gasteiger partial charge in [-0.05, 0) is 55.7 Å². The standard InChI is InChI=1S/C20H23N3O3/c1-14(11-15(2)24)13-22-20(25)23-17-7-9-18(10-8-17)26-19-6-4-3-5-16(19)12-21/h3-10,14-15,24H,11,13H2,1-2H3,(H2,22,23,25). The topological polar surface area (TPSA) is 94.4 Å². The van der Waals surface area contributed by atoms with Crippen LogP contribution in [-0.2, 0) is 0 Å². The number of ether oxygens (including phenoxy) is 1. The molecule has 2 amide bonds. The fraction of sp³-hybridized carbons (Fsp3) is 0.300. The second kappa shape index (κ2) is 9.44. The van der Waals surface area contributed by atoms with E-state index in [-0.39, 0.29) is 18.1 Å². The first-order valence-corrected chi connectivity index (χ1v) is 8.48. The number of amides is 2. The lowest BCUT2D eigenvalue weighted by Crippen LogP contribution is -2.33. The number of nitrogens with one attached hydrogen (secondary N) is 2. The monoisotopic (exact) mass is 353 g/mol. The van der Waals surface area contributed by atoms with Crippen LogP contribution in [0.3, 0.4) is 0 Å². The molecule has 0 fully saturated rings. The highest BCUT2D eigenvalue weighted by Gasteiger charge is 2.09. The fourth-order valence-corrected chi connectivity index (χ4v) is 2.49. The van der Waals surface area contributed by atoms with Crippen molar-refractivity contribution in [2.45, 2.75) is 26.4 Å². The predicted molar refractivity (Wildman–Crippen MR) is 100 cm³/mol. The number of benzene rings is 2. The quantitative estimate of drug-likeness (QED) is 0.704. The number of para-hydroxylation sites is 1. The highest BCUT2D eigenvalue weighted by molar-refractivity contribution is 5.89. The van der Waals surface area contributed by atoms with Crippen molar-refractivity contribution in [2.75, 3.05) is 11.9 Å². The van der Waals surface area contributed by atoms with Crippen molar-refractivity contribution in [3.63, 3.8) is 0 Å². The van der Waals surface area contributed by atoms with Crippen LogP contribution in [0.15, 0.2) is 48.5 Å². The Morgan fingerprint density at radius 1 is 1.19 bits per heavy atom. The fourth-order valence-electron chi connectivity index (χ4n) is 2.49. The minimum absolute atomic E-state index is 0.191. The Bertz CT molecular complexity index is 767. The van der Waals surface area contributed by atoms with Gasteiger partial charge in [-0.2, -0.15) is 5.26 Å². The average molecular weight is 353 g/mol. The van der Waals surface area contributed by atoms with Gasteiger partial charge in [0.2, 0.25) is 0 Å². The first-order valence-electron chi connectivity index (χ1n) is 8.48. The van der Waals surface area contributed by atoms with Crippen molar-refractivity contribution in [1.29, 1.82) is 5.26 Å². The van der Waals surface area contributed by atoms with Gasteiger partial charge in [0.25, 0.3) is 0 Å². The molecule has 0 aliphatic carbocycles. The highest BCUT2D eigenvalue weighted by Crippen LogP contribution is 2.25. The Labute approximate surface area is 153 Å². The molecule has 26 heavy (non-hydrogen) atoms. The van der Waals surface area contributed by atoms with Gasteiger partial charge in [-0.1, -0.05) is 19.1 Å². The van der Waals surface area contributed by atoms with E-state index < -0.39 is 0 Å². The Kier molecular flexibility index (Phi) is 7.01. The maximum atomic E-state index is 11.9. The molecule has 0 bridgehead atoms. The van der Waals surface area contributed by atoms with Gasteiger partial charge >= 0.3 is 6.03 Å². The molecule has 6 nitrogen and oxygen atoms in total. The minimum atomic E-state index is -0.381. The number of nitriles is 1. The number of hydrogen-bond donors (Lipinski definition) is 3. The van der Waals surface area contributed by atoms with Crippen LogP contribution < -0.4 is 15.4 Å². The third kappa shape index (κ3) is 6.11. The SMILES string of the molecule is CC(O)CC(C)CNC(=O)Nc1ccc(Oc2ccccc2C#N)cc1. The molecule has 2 aromatic carbocycles. The lowest BCUT2D eigenvalue weighted by Gasteiger charge is -2.15. The third-order valence-electron chi connectivity index (χ3n) is 3.70. The van der Waals surface area contributed by atoms with E-state index in [1.54, 1.807) is 55.5 Å². The number of carbonyl (C=O) groups is 1. The molecule has 2 unspecified atom stereocenters. The van der Waals surface area contributed by atoms with Crippen LogP contribution in [0, 0.1) is 17.2 Å². The van der Waals surface area contributed by atoms with Crippen molar-refractivity contribution in [1.82, 2.24) is 5.32 Å². The molecule has 0 aliphatic heterocycles. The lowest BCUT2D eigenvalue weighted by molar-refractivity contribution is 0.163. The molecule has 6 heteroatoms. The maximum Gasteiger partial charge on any atom is 0.319 e. The Balaban J connectivity index is 1.87. The number of urea groups is 1. The largest absolute Gasteiger partial charge is 0.456 e. The average Bonchev–Trinajstić information content (AvgIpc) is 2.61. The Morgan fingerprint density at radius 2 is 1.88 bits per heavy atom. The first-order chi connectivity index (χ1) is 12.5. The summed E-state index contributed by atoms with van der Waals surface area (Å²) in [5.74, 6) is 1.25. The van der Waals surface area contributed by atoms with Crippen molar-refractivity contribution >= 4 is 11.7 Å². The van der Waals surface area contributed by atoms with Crippen LogP contribution in [0.1, 0.15) is 25.8 Å². The summed E-state index contributed by atoms with van der Waals surface area (Å²) in [5.41, 5.74) is 1.09. The second-order valence-corrected chi connectivity index (χ2v) is 6.26. The number of nitrogens with zero attached hydrogens (tertiary/aromatic N) is 1. The molecular formula is C20H23N3O3. The van der Waals surface area contributed by atoms with Gasteiger partial charge in [0.05, 0.1) is 11.7 Å². The van der Waals surface area contributed by atoms with Gasteiger partial charge in [-0.15, -0.1) is 0 Å². The van der Waals surface area contributed by atoms with E-state index in [0.717, 1.165) is 0 Å². The van der Waals surface area contributed by atoms with E-state index in [0.29, 0.717) is 35.7 Å². The minimum Gasteiger partial charge on any atom is -0.456 e. The summed E-state index contributed by atoms with van der Waals surface area (Å²) in [4.78, 5) is 11.9. The van der Waals surface area contributed by atoms with Crippen molar-refractivity contribution in [2.24, 2.45) is 5.92 Å². The smallest absolute Gasteiger partial charge is 0.319 e. The van der Waals surface area contributed by atoms with Crippen LogP contribution >= 0.6 is 0 Å². The molecule has 0 heterocycles. The number of anilines is 1. The zero-order valence-electron chi connectivity index (χ0n) is 14.9. The van der Waals surface area contributed by atoms with Crippen LogP contribution in [0.25, 0.3) is 0 Å². The molecule has 0 saturated carbocycles. The van der Waals surface area contributed by atoms with E-state index in [9.17, 15) is 9.90 Å². The summed E-state index contributed by atoms with van der Waals surface area (Å²) in [7, 11) is 0. The van der Waals surface area contributed by atoms with Crippen LogP contribution in [0.4, 0.5) is 10.5 Å². The number of aliphatic hydroxyl groups excluding tert-OH is 1. The molecule has 0 aromatic heterocycles. The molecular weight excluding hydrogens is 330 g/mol. The van der Waals surface area contributed by atoms with Crippen LogP contribution in [-0.4, -0.2) is 23.8 Å². The Morgan fingerprint density at radius 3 is 2.54 bits per heavy atom. The summed E-state index contributed by atoms with van der Waals surface area (Å²) in [6.07, 6.45) is 0.254. The summed E-state index contributed by atoms with van der Waals surface area (Å²) in [6.45, 7) is 4.19. The van der Waals surface area contributed by atoms with E-state index >= 15 is 0 Å². The van der Waals surface area contributed by atoms with E-state index in [1.165, 1.54) is 0 Å². The summed E-state index contributed by atoms with van der Waals surface area (Å²) in [6, 6.07) is 15.7. The molecule has 136 valence electrons. The molecule has 0 radical (unpaired) electrons. The van der Waals surface area contributed by atoms with Gasteiger partial charge < -0.3 is 20.5 Å².